The first-order valence-corrected chi connectivity index (χ1v) is 10.2. The number of rotatable bonds is 6. The number of carbonyl (C=O) groups is 2. The summed E-state index contributed by atoms with van der Waals surface area (Å²) in [5, 5.41) is 7.52. The van der Waals surface area contributed by atoms with Crippen molar-refractivity contribution < 1.29 is 18.9 Å². The zero-order valence-corrected chi connectivity index (χ0v) is 15.8. The highest BCUT2D eigenvalue weighted by atomic mass is 32.1. The van der Waals surface area contributed by atoms with Gasteiger partial charge < -0.3 is 15.5 Å². The molecule has 0 bridgehead atoms. The average Bonchev–Trinajstić information content (AvgIpc) is 3.38. The fourth-order valence-corrected chi connectivity index (χ4v) is 4.81. The van der Waals surface area contributed by atoms with Gasteiger partial charge in [-0.25, -0.2) is 4.39 Å². The lowest BCUT2D eigenvalue weighted by Crippen LogP contribution is -3.14. The Kier molecular flexibility index (Phi) is 5.22. The quantitative estimate of drug-likeness (QED) is 0.703. The highest BCUT2D eigenvalue weighted by Gasteiger charge is 2.43. The Balaban J connectivity index is 1.29. The Morgan fingerprint density at radius 1 is 1.15 bits per heavy atom. The number of amides is 2. The molecule has 0 radical (unpaired) electrons. The fraction of sp³-hybridized carbons (Fsp3) is 0.400. The van der Waals surface area contributed by atoms with Crippen molar-refractivity contribution in [3.05, 3.63) is 52.0 Å². The number of anilines is 1. The molecule has 1 aromatic heterocycles. The smallest absolute Gasteiger partial charge is 0.275 e. The summed E-state index contributed by atoms with van der Waals surface area (Å²) in [6.45, 7) is 1.27. The molecule has 1 aliphatic heterocycles. The number of fused-ring (bicyclic) bond motifs is 1. The van der Waals surface area contributed by atoms with Crippen LogP contribution in [-0.4, -0.2) is 31.4 Å². The first kappa shape index (κ1) is 18.1. The van der Waals surface area contributed by atoms with Gasteiger partial charge in [-0.1, -0.05) is 0 Å². The SMILES string of the molecule is O=C(C[NH+]1CCc2sccc2[C@H]1C1CC1)NCC(=O)Nc1ccc(F)cc1. The van der Waals surface area contributed by atoms with Gasteiger partial charge in [0.05, 0.1) is 13.1 Å². The summed E-state index contributed by atoms with van der Waals surface area (Å²) in [5.74, 6) is -0.0981. The molecule has 2 aliphatic rings. The molecule has 142 valence electrons. The molecule has 0 saturated heterocycles. The topological polar surface area (TPSA) is 62.6 Å². The van der Waals surface area contributed by atoms with Crippen LogP contribution in [0.4, 0.5) is 10.1 Å². The molecule has 3 N–H and O–H groups in total. The maximum atomic E-state index is 12.9. The van der Waals surface area contributed by atoms with Crippen LogP contribution in [-0.2, 0) is 16.0 Å². The third-order valence-electron chi connectivity index (χ3n) is 5.28. The van der Waals surface area contributed by atoms with Crippen molar-refractivity contribution >= 4 is 28.8 Å². The van der Waals surface area contributed by atoms with Crippen molar-refractivity contribution in [1.82, 2.24) is 5.32 Å². The predicted molar refractivity (Wildman–Crippen MR) is 102 cm³/mol. The molecule has 5 nitrogen and oxygen atoms in total. The van der Waals surface area contributed by atoms with Crippen molar-refractivity contribution in [2.75, 3.05) is 25.0 Å². The van der Waals surface area contributed by atoms with E-state index in [0.717, 1.165) is 13.0 Å². The van der Waals surface area contributed by atoms with Crippen molar-refractivity contribution in [2.24, 2.45) is 5.92 Å². The second-order valence-electron chi connectivity index (χ2n) is 7.28. The number of hydrogen-bond donors (Lipinski definition) is 3. The molecule has 1 fully saturated rings. The Hall–Kier alpha value is -2.25. The van der Waals surface area contributed by atoms with Crippen molar-refractivity contribution in [3.63, 3.8) is 0 Å². The van der Waals surface area contributed by atoms with Crippen molar-refractivity contribution in [1.29, 1.82) is 0 Å². The molecule has 1 aliphatic carbocycles. The molecule has 2 heterocycles. The normalized spacial score (nSPS) is 21.4. The number of benzene rings is 1. The van der Waals surface area contributed by atoms with Crippen LogP contribution in [0.25, 0.3) is 0 Å². The van der Waals surface area contributed by atoms with E-state index in [9.17, 15) is 14.0 Å². The molecule has 1 unspecified atom stereocenters. The fourth-order valence-electron chi connectivity index (χ4n) is 3.88. The number of carbonyl (C=O) groups excluding carboxylic acids is 2. The first-order chi connectivity index (χ1) is 13.1. The van der Waals surface area contributed by atoms with E-state index in [1.54, 1.807) is 0 Å². The lowest BCUT2D eigenvalue weighted by Gasteiger charge is -2.32. The third kappa shape index (κ3) is 4.36. The van der Waals surface area contributed by atoms with Gasteiger partial charge in [-0.05, 0) is 48.6 Å². The van der Waals surface area contributed by atoms with Gasteiger partial charge in [0.25, 0.3) is 5.91 Å². The van der Waals surface area contributed by atoms with E-state index in [0.29, 0.717) is 24.2 Å². The summed E-state index contributed by atoms with van der Waals surface area (Å²) in [5.41, 5.74) is 1.93. The lowest BCUT2D eigenvalue weighted by atomic mass is 9.96. The maximum Gasteiger partial charge on any atom is 0.275 e. The van der Waals surface area contributed by atoms with E-state index >= 15 is 0 Å². The van der Waals surface area contributed by atoms with E-state index in [2.05, 4.69) is 22.1 Å². The van der Waals surface area contributed by atoms with E-state index < -0.39 is 0 Å². The van der Waals surface area contributed by atoms with E-state index in [1.165, 1.54) is 52.4 Å². The highest BCUT2D eigenvalue weighted by molar-refractivity contribution is 7.10. The second-order valence-corrected chi connectivity index (χ2v) is 8.28. The molecule has 2 atom stereocenters. The van der Waals surface area contributed by atoms with Gasteiger partial charge in [-0.3, -0.25) is 9.59 Å². The van der Waals surface area contributed by atoms with Crippen molar-refractivity contribution in [2.45, 2.75) is 25.3 Å². The largest absolute Gasteiger partial charge is 0.342 e. The van der Waals surface area contributed by atoms with Gasteiger partial charge in [0, 0.05) is 28.5 Å². The maximum absolute atomic E-state index is 12.9. The van der Waals surface area contributed by atoms with E-state index in [-0.39, 0.29) is 24.2 Å². The molecule has 1 saturated carbocycles. The number of thiophene rings is 1. The number of quaternary nitrogens is 1. The van der Waals surface area contributed by atoms with Crippen LogP contribution >= 0.6 is 11.3 Å². The van der Waals surface area contributed by atoms with Gasteiger partial charge in [0.1, 0.15) is 11.9 Å². The zero-order valence-electron chi connectivity index (χ0n) is 15.0. The standard InChI is InChI=1S/C20H22FN3O2S/c21-14-3-5-15(6-4-14)23-18(25)11-22-19(26)12-24-9-7-17-16(8-10-27-17)20(24)13-1-2-13/h3-6,8,10,13,20H,1-2,7,9,11-12H2,(H,22,26)(H,23,25)/p+1/t20-/m1/s1. The van der Waals surface area contributed by atoms with Crippen LogP contribution < -0.4 is 15.5 Å². The van der Waals surface area contributed by atoms with E-state index in [1.807, 2.05) is 11.3 Å². The molecule has 2 aromatic rings. The van der Waals surface area contributed by atoms with Crippen LogP contribution in [0.1, 0.15) is 29.3 Å². The van der Waals surface area contributed by atoms with Gasteiger partial charge in [0.15, 0.2) is 6.54 Å². The Labute approximate surface area is 161 Å². The Bertz CT molecular complexity index is 832. The van der Waals surface area contributed by atoms with Crippen LogP contribution in [0.3, 0.4) is 0 Å². The minimum Gasteiger partial charge on any atom is -0.342 e. The van der Waals surface area contributed by atoms with Crippen LogP contribution in [0, 0.1) is 11.7 Å². The van der Waals surface area contributed by atoms with Gasteiger partial charge in [-0.2, -0.15) is 0 Å². The first-order valence-electron chi connectivity index (χ1n) is 9.33. The third-order valence-corrected chi connectivity index (χ3v) is 6.28. The summed E-state index contributed by atoms with van der Waals surface area (Å²) >= 11 is 1.82. The van der Waals surface area contributed by atoms with Crippen LogP contribution in [0.2, 0.25) is 0 Å². The number of hydrogen-bond acceptors (Lipinski definition) is 3. The number of halogens is 1. The van der Waals surface area contributed by atoms with Crippen molar-refractivity contribution in [3.8, 4) is 0 Å². The molecule has 1 aromatic carbocycles. The summed E-state index contributed by atoms with van der Waals surface area (Å²) in [6, 6.07) is 8.18. The van der Waals surface area contributed by atoms with E-state index in [4.69, 9.17) is 0 Å². The molecule has 27 heavy (non-hydrogen) atoms. The Morgan fingerprint density at radius 2 is 1.93 bits per heavy atom. The molecular formula is C20H23FN3O2S+. The minimum atomic E-state index is -0.357. The molecule has 4 rings (SSSR count). The van der Waals surface area contributed by atoms with Crippen LogP contribution in [0.5, 0.6) is 0 Å². The van der Waals surface area contributed by atoms with Gasteiger partial charge in [0.2, 0.25) is 5.91 Å². The molecule has 2 amide bonds. The zero-order chi connectivity index (χ0) is 18.8. The average molecular weight is 388 g/mol. The molecule has 0 spiro atoms. The lowest BCUT2D eigenvalue weighted by molar-refractivity contribution is -0.928. The highest BCUT2D eigenvalue weighted by Crippen LogP contribution is 2.42. The summed E-state index contributed by atoms with van der Waals surface area (Å²) in [7, 11) is 0. The Morgan fingerprint density at radius 3 is 2.67 bits per heavy atom. The van der Waals surface area contributed by atoms with Gasteiger partial charge in [-0.15, -0.1) is 11.3 Å². The van der Waals surface area contributed by atoms with Gasteiger partial charge >= 0.3 is 0 Å². The molecular weight excluding hydrogens is 365 g/mol. The summed E-state index contributed by atoms with van der Waals surface area (Å²) < 4.78 is 12.9. The second kappa shape index (κ2) is 7.78. The summed E-state index contributed by atoms with van der Waals surface area (Å²) in [6.07, 6.45) is 3.50. The predicted octanol–water partition coefficient (Wildman–Crippen LogP) is 1.53. The molecule has 7 heteroatoms. The number of nitrogens with one attached hydrogen (secondary N) is 3. The monoisotopic (exact) mass is 388 g/mol. The minimum absolute atomic E-state index is 0.0821. The summed E-state index contributed by atoms with van der Waals surface area (Å²) in [4.78, 5) is 27.1. The van der Waals surface area contributed by atoms with Crippen LogP contribution in [0.15, 0.2) is 35.7 Å².